The number of esters is 1. The van der Waals surface area contributed by atoms with Gasteiger partial charge in [0.15, 0.2) is 23.0 Å². The van der Waals surface area contributed by atoms with Crippen molar-refractivity contribution in [1.82, 2.24) is 4.90 Å². The second kappa shape index (κ2) is 11.6. The molecule has 11 heteroatoms. The summed E-state index contributed by atoms with van der Waals surface area (Å²) in [5.41, 5.74) is 1.51. The lowest BCUT2D eigenvalue weighted by Gasteiger charge is -2.28. The highest BCUT2D eigenvalue weighted by molar-refractivity contribution is 6.23. The number of hydrogen-bond donors (Lipinski definition) is 0. The van der Waals surface area contributed by atoms with Gasteiger partial charge in [0.2, 0.25) is 12.7 Å². The van der Waals surface area contributed by atoms with E-state index in [1.165, 1.54) is 49.5 Å². The zero-order valence-electron chi connectivity index (χ0n) is 22.7. The quantitative estimate of drug-likeness (QED) is 0.286. The van der Waals surface area contributed by atoms with Crippen LogP contribution in [0.4, 0.5) is 5.69 Å². The molecule has 0 aliphatic carbocycles. The van der Waals surface area contributed by atoms with Gasteiger partial charge < -0.3 is 28.6 Å². The molecule has 0 N–H and O–H groups in total. The van der Waals surface area contributed by atoms with Gasteiger partial charge in [-0.2, -0.15) is 0 Å². The lowest BCUT2D eigenvalue weighted by Crippen LogP contribution is -2.45. The number of anilines is 1. The Hall–Kier alpha value is -5.06. The van der Waals surface area contributed by atoms with Gasteiger partial charge in [-0.3, -0.25) is 14.4 Å². The van der Waals surface area contributed by atoms with Crippen molar-refractivity contribution in [2.24, 2.45) is 0 Å². The Morgan fingerprint density at radius 2 is 1.61 bits per heavy atom. The Morgan fingerprint density at radius 1 is 0.902 bits per heavy atom. The second-order valence-corrected chi connectivity index (χ2v) is 9.25. The smallest absolute Gasteiger partial charge is 0.338 e. The molecule has 2 aliphatic rings. The van der Waals surface area contributed by atoms with Gasteiger partial charge >= 0.3 is 5.97 Å². The Kier molecular flexibility index (Phi) is 7.77. The minimum absolute atomic E-state index is 0.0170. The summed E-state index contributed by atoms with van der Waals surface area (Å²) in [7, 11) is 2.95. The van der Waals surface area contributed by atoms with Crippen molar-refractivity contribution in [2.75, 3.05) is 32.5 Å². The largest absolute Gasteiger partial charge is 0.493 e. The van der Waals surface area contributed by atoms with Crippen molar-refractivity contribution in [1.29, 1.82) is 0 Å². The van der Waals surface area contributed by atoms with Gasteiger partial charge in [0.25, 0.3) is 11.8 Å². The Balaban J connectivity index is 1.47. The molecule has 3 aromatic carbocycles. The first-order valence-corrected chi connectivity index (χ1v) is 12.9. The highest BCUT2D eigenvalue weighted by Gasteiger charge is 2.44. The maximum atomic E-state index is 14.0. The summed E-state index contributed by atoms with van der Waals surface area (Å²) in [5.74, 6) is -0.127. The standard InChI is InChI=1S/C30H28N2O9/c1-4-39-30(36)19-6-9-21(10-7-19)32-27(33)15-22(29(32)35)31(16-18-5-11-24-26(13-18)41-17-40-24)28(34)20-8-12-23(37-2)25(14-20)38-3/h5-14,22H,4,15-17H2,1-3H3. The van der Waals surface area contributed by atoms with Gasteiger partial charge in [-0.15, -0.1) is 0 Å². The maximum absolute atomic E-state index is 14.0. The Labute approximate surface area is 236 Å². The van der Waals surface area contributed by atoms with E-state index in [9.17, 15) is 19.2 Å². The highest BCUT2D eigenvalue weighted by atomic mass is 16.7. The zero-order valence-corrected chi connectivity index (χ0v) is 22.7. The number of carbonyl (C=O) groups excluding carboxylic acids is 4. The normalized spacial score (nSPS) is 15.6. The number of methoxy groups -OCH3 is 2. The molecular formula is C30H28N2O9. The molecule has 212 valence electrons. The van der Waals surface area contributed by atoms with Gasteiger partial charge in [0, 0.05) is 12.1 Å². The number of benzene rings is 3. The van der Waals surface area contributed by atoms with E-state index in [0.29, 0.717) is 34.1 Å². The molecule has 11 nitrogen and oxygen atoms in total. The van der Waals surface area contributed by atoms with Crippen LogP contribution in [0.15, 0.2) is 60.7 Å². The number of hydrogen-bond acceptors (Lipinski definition) is 9. The zero-order chi connectivity index (χ0) is 29.1. The van der Waals surface area contributed by atoms with Crippen LogP contribution < -0.4 is 23.8 Å². The molecule has 3 aromatic rings. The third kappa shape index (κ3) is 5.38. The first-order chi connectivity index (χ1) is 19.8. The molecule has 0 bridgehead atoms. The van der Waals surface area contributed by atoms with E-state index in [1.54, 1.807) is 37.3 Å². The monoisotopic (exact) mass is 560 g/mol. The predicted molar refractivity (Wildman–Crippen MR) is 145 cm³/mol. The predicted octanol–water partition coefficient (Wildman–Crippen LogP) is 3.58. The van der Waals surface area contributed by atoms with Crippen LogP contribution in [0.25, 0.3) is 0 Å². The van der Waals surface area contributed by atoms with E-state index in [1.807, 2.05) is 0 Å². The van der Waals surface area contributed by atoms with Crippen molar-refractivity contribution >= 4 is 29.4 Å². The van der Waals surface area contributed by atoms with Crippen LogP contribution in [0.3, 0.4) is 0 Å². The summed E-state index contributed by atoms with van der Waals surface area (Å²) >= 11 is 0. The average Bonchev–Trinajstić information content (AvgIpc) is 3.58. The van der Waals surface area contributed by atoms with Crippen molar-refractivity contribution in [3.8, 4) is 23.0 Å². The number of fused-ring (bicyclic) bond motifs is 1. The molecular weight excluding hydrogens is 532 g/mol. The van der Waals surface area contributed by atoms with Crippen LogP contribution in [0.1, 0.15) is 39.6 Å². The van der Waals surface area contributed by atoms with E-state index in [4.69, 9.17) is 23.7 Å². The van der Waals surface area contributed by atoms with Crippen molar-refractivity contribution in [3.63, 3.8) is 0 Å². The SMILES string of the molecule is CCOC(=O)c1ccc(N2C(=O)CC(N(Cc3ccc4c(c3)OCO4)C(=O)c3ccc(OC)c(OC)c3)C2=O)cc1. The van der Waals surface area contributed by atoms with E-state index in [-0.39, 0.29) is 37.6 Å². The second-order valence-electron chi connectivity index (χ2n) is 9.25. The molecule has 2 heterocycles. The molecule has 1 fully saturated rings. The van der Waals surface area contributed by atoms with E-state index in [2.05, 4.69) is 0 Å². The minimum atomic E-state index is -1.08. The average molecular weight is 561 g/mol. The molecule has 1 unspecified atom stereocenters. The fourth-order valence-corrected chi connectivity index (χ4v) is 4.79. The lowest BCUT2D eigenvalue weighted by atomic mass is 10.1. The summed E-state index contributed by atoms with van der Waals surface area (Å²) < 4.78 is 26.5. The van der Waals surface area contributed by atoms with Crippen LogP contribution in [-0.2, 0) is 20.9 Å². The summed E-state index contributed by atoms with van der Waals surface area (Å²) in [4.78, 5) is 55.3. The summed E-state index contributed by atoms with van der Waals surface area (Å²) in [6.07, 6.45) is -0.220. The molecule has 2 aliphatic heterocycles. The summed E-state index contributed by atoms with van der Waals surface area (Å²) in [6, 6.07) is 14.8. The van der Waals surface area contributed by atoms with Crippen LogP contribution in [-0.4, -0.2) is 62.3 Å². The van der Waals surface area contributed by atoms with Gasteiger partial charge in [-0.05, 0) is 67.1 Å². The van der Waals surface area contributed by atoms with Crippen molar-refractivity contribution in [2.45, 2.75) is 25.9 Å². The van der Waals surface area contributed by atoms with Crippen LogP contribution in [0, 0.1) is 0 Å². The third-order valence-electron chi connectivity index (χ3n) is 6.82. The van der Waals surface area contributed by atoms with Crippen molar-refractivity contribution in [3.05, 3.63) is 77.4 Å². The molecule has 5 rings (SSSR count). The van der Waals surface area contributed by atoms with Crippen molar-refractivity contribution < 1.29 is 42.9 Å². The molecule has 1 saturated heterocycles. The van der Waals surface area contributed by atoms with E-state index in [0.717, 1.165) is 4.90 Å². The Bertz CT molecular complexity index is 1500. The summed E-state index contributed by atoms with van der Waals surface area (Å²) in [6.45, 7) is 2.03. The van der Waals surface area contributed by atoms with Gasteiger partial charge in [0.1, 0.15) is 6.04 Å². The molecule has 41 heavy (non-hydrogen) atoms. The Morgan fingerprint density at radius 3 is 2.32 bits per heavy atom. The third-order valence-corrected chi connectivity index (χ3v) is 6.82. The minimum Gasteiger partial charge on any atom is -0.493 e. The molecule has 3 amide bonds. The van der Waals surface area contributed by atoms with Crippen LogP contribution >= 0.6 is 0 Å². The van der Waals surface area contributed by atoms with Crippen LogP contribution in [0.2, 0.25) is 0 Å². The van der Waals surface area contributed by atoms with E-state index >= 15 is 0 Å². The number of ether oxygens (including phenoxy) is 5. The summed E-state index contributed by atoms with van der Waals surface area (Å²) in [5, 5.41) is 0. The molecule has 1 atom stereocenters. The number of amides is 3. The molecule has 0 aromatic heterocycles. The van der Waals surface area contributed by atoms with Gasteiger partial charge in [0.05, 0.1) is 38.5 Å². The number of nitrogens with zero attached hydrogens (tertiary/aromatic N) is 2. The highest BCUT2D eigenvalue weighted by Crippen LogP contribution is 2.35. The first kappa shape index (κ1) is 27.5. The fraction of sp³-hybridized carbons (Fsp3) is 0.267. The number of carbonyl (C=O) groups is 4. The topological polar surface area (TPSA) is 121 Å². The number of imide groups is 1. The molecule has 0 spiro atoms. The van der Waals surface area contributed by atoms with Crippen LogP contribution in [0.5, 0.6) is 23.0 Å². The number of rotatable bonds is 9. The van der Waals surface area contributed by atoms with Gasteiger partial charge in [-0.1, -0.05) is 6.07 Å². The van der Waals surface area contributed by atoms with Gasteiger partial charge in [-0.25, -0.2) is 9.69 Å². The fourth-order valence-electron chi connectivity index (χ4n) is 4.79. The molecule has 0 saturated carbocycles. The lowest BCUT2D eigenvalue weighted by molar-refractivity contribution is -0.122. The molecule has 0 radical (unpaired) electrons. The first-order valence-electron chi connectivity index (χ1n) is 12.9. The van der Waals surface area contributed by atoms with E-state index < -0.39 is 29.7 Å². The maximum Gasteiger partial charge on any atom is 0.338 e.